The molecule has 1 aliphatic heterocycles. The maximum atomic E-state index is 5.67. The molecular formula is C21H29N3O2. The van der Waals surface area contributed by atoms with E-state index in [1.54, 1.807) is 7.11 Å². The van der Waals surface area contributed by atoms with Crippen molar-refractivity contribution in [1.29, 1.82) is 0 Å². The Bertz CT molecular complexity index is 719. The normalized spacial score (nSPS) is 22.9. The number of hydrogen-bond donors (Lipinski definition) is 0. The van der Waals surface area contributed by atoms with Crippen LogP contribution in [-0.2, 0) is 16.7 Å². The van der Waals surface area contributed by atoms with Crippen LogP contribution in [0.4, 0.5) is 0 Å². The number of aryl methyl sites for hydroxylation is 1. The summed E-state index contributed by atoms with van der Waals surface area (Å²) in [6.07, 6.45) is 5.84. The average molecular weight is 355 g/mol. The number of benzene rings is 1. The lowest BCUT2D eigenvalue weighted by Gasteiger charge is -2.26. The molecule has 5 heteroatoms. The molecule has 4 rings (SSSR count). The van der Waals surface area contributed by atoms with Crippen LogP contribution in [0.3, 0.4) is 0 Å². The molecule has 0 radical (unpaired) electrons. The van der Waals surface area contributed by atoms with E-state index in [1.807, 2.05) is 0 Å². The number of methoxy groups -OCH3 is 1. The third-order valence-corrected chi connectivity index (χ3v) is 6.09. The zero-order valence-electron chi connectivity index (χ0n) is 15.9. The van der Waals surface area contributed by atoms with Crippen molar-refractivity contribution in [3.8, 4) is 0 Å². The Labute approximate surface area is 155 Å². The zero-order chi connectivity index (χ0) is 18.0. The SMILES string of the molecule is COC[C@@H]1CCN(Cc2nc(C3(c4ccc(C)cc4)CCCC3)no2)C1. The van der Waals surface area contributed by atoms with Gasteiger partial charge in [0.1, 0.15) is 0 Å². The van der Waals surface area contributed by atoms with E-state index in [4.69, 9.17) is 14.2 Å². The molecule has 140 valence electrons. The van der Waals surface area contributed by atoms with E-state index >= 15 is 0 Å². The summed E-state index contributed by atoms with van der Waals surface area (Å²) in [4.78, 5) is 7.24. The average Bonchev–Trinajstić information content (AvgIpc) is 3.38. The van der Waals surface area contributed by atoms with Crippen LogP contribution in [-0.4, -0.2) is 41.8 Å². The minimum Gasteiger partial charge on any atom is -0.384 e. The van der Waals surface area contributed by atoms with Crippen molar-refractivity contribution < 1.29 is 9.26 Å². The van der Waals surface area contributed by atoms with Gasteiger partial charge in [0.25, 0.3) is 0 Å². The molecule has 2 heterocycles. The molecule has 1 aromatic carbocycles. The van der Waals surface area contributed by atoms with Crippen LogP contribution in [0.15, 0.2) is 28.8 Å². The number of likely N-dealkylation sites (tertiary alicyclic amines) is 1. The van der Waals surface area contributed by atoms with E-state index in [-0.39, 0.29) is 5.41 Å². The molecule has 1 saturated carbocycles. The maximum Gasteiger partial charge on any atom is 0.240 e. The zero-order valence-corrected chi connectivity index (χ0v) is 15.9. The topological polar surface area (TPSA) is 51.4 Å². The van der Waals surface area contributed by atoms with Gasteiger partial charge in [-0.3, -0.25) is 4.90 Å². The summed E-state index contributed by atoms with van der Waals surface area (Å²) >= 11 is 0. The minimum atomic E-state index is -0.0704. The maximum absolute atomic E-state index is 5.67. The highest BCUT2D eigenvalue weighted by atomic mass is 16.5. The Morgan fingerprint density at radius 3 is 2.73 bits per heavy atom. The highest BCUT2D eigenvalue weighted by molar-refractivity contribution is 5.35. The highest BCUT2D eigenvalue weighted by Gasteiger charge is 2.41. The van der Waals surface area contributed by atoms with Crippen LogP contribution < -0.4 is 0 Å². The van der Waals surface area contributed by atoms with Gasteiger partial charge < -0.3 is 9.26 Å². The third kappa shape index (κ3) is 3.42. The smallest absolute Gasteiger partial charge is 0.240 e. The Morgan fingerprint density at radius 2 is 2.00 bits per heavy atom. The van der Waals surface area contributed by atoms with Crippen molar-refractivity contribution in [2.75, 3.05) is 26.8 Å². The lowest BCUT2D eigenvalue weighted by Crippen LogP contribution is -2.26. The van der Waals surface area contributed by atoms with Gasteiger partial charge >= 0.3 is 0 Å². The van der Waals surface area contributed by atoms with E-state index < -0.39 is 0 Å². The van der Waals surface area contributed by atoms with E-state index in [0.717, 1.165) is 50.8 Å². The second kappa shape index (κ2) is 7.49. The summed E-state index contributed by atoms with van der Waals surface area (Å²) < 4.78 is 11.0. The number of hydrogen-bond acceptors (Lipinski definition) is 5. The van der Waals surface area contributed by atoms with Crippen molar-refractivity contribution in [3.05, 3.63) is 47.1 Å². The molecular weight excluding hydrogens is 326 g/mol. The second-order valence-electron chi connectivity index (χ2n) is 8.01. The molecule has 5 nitrogen and oxygen atoms in total. The molecule has 2 fully saturated rings. The quantitative estimate of drug-likeness (QED) is 0.791. The van der Waals surface area contributed by atoms with Gasteiger partial charge in [-0.25, -0.2) is 0 Å². The summed E-state index contributed by atoms with van der Waals surface area (Å²) in [5, 5.41) is 4.43. The van der Waals surface area contributed by atoms with Crippen LogP contribution >= 0.6 is 0 Å². The molecule has 1 aliphatic carbocycles. The summed E-state index contributed by atoms with van der Waals surface area (Å²) in [5.74, 6) is 2.24. The molecule has 0 N–H and O–H groups in total. The molecule has 26 heavy (non-hydrogen) atoms. The van der Waals surface area contributed by atoms with Gasteiger partial charge in [0.05, 0.1) is 18.6 Å². The summed E-state index contributed by atoms with van der Waals surface area (Å²) in [6.45, 7) is 5.84. The van der Waals surface area contributed by atoms with Crippen molar-refractivity contribution in [2.45, 2.75) is 51.0 Å². The van der Waals surface area contributed by atoms with Gasteiger partial charge in [0.15, 0.2) is 5.82 Å². The molecule has 2 aromatic rings. The molecule has 0 spiro atoms. The van der Waals surface area contributed by atoms with E-state index in [2.05, 4.69) is 41.2 Å². The Kier molecular flexibility index (Phi) is 5.09. The first-order chi connectivity index (χ1) is 12.7. The van der Waals surface area contributed by atoms with Crippen LogP contribution in [0.5, 0.6) is 0 Å². The number of nitrogens with zero attached hydrogens (tertiary/aromatic N) is 3. The first-order valence-corrected chi connectivity index (χ1v) is 9.81. The summed E-state index contributed by atoms with van der Waals surface area (Å²) in [5.41, 5.74) is 2.55. The van der Waals surface area contributed by atoms with E-state index in [1.165, 1.54) is 30.4 Å². The lowest BCUT2D eigenvalue weighted by molar-refractivity contribution is 0.151. The predicted molar refractivity (Wildman–Crippen MR) is 100.0 cm³/mol. The fourth-order valence-electron chi connectivity index (χ4n) is 4.63. The van der Waals surface area contributed by atoms with Gasteiger partial charge in [-0.15, -0.1) is 0 Å². The third-order valence-electron chi connectivity index (χ3n) is 6.09. The molecule has 0 amide bonds. The van der Waals surface area contributed by atoms with Crippen molar-refractivity contribution in [2.24, 2.45) is 5.92 Å². The van der Waals surface area contributed by atoms with Crippen LogP contribution in [0.25, 0.3) is 0 Å². The Morgan fingerprint density at radius 1 is 1.23 bits per heavy atom. The minimum absolute atomic E-state index is 0.0704. The summed E-state index contributed by atoms with van der Waals surface area (Å²) in [7, 11) is 1.78. The number of rotatable bonds is 6. The molecule has 1 atom stereocenters. The molecule has 0 unspecified atom stereocenters. The second-order valence-corrected chi connectivity index (χ2v) is 8.01. The Balaban J connectivity index is 1.51. The highest BCUT2D eigenvalue weighted by Crippen LogP contribution is 2.45. The standard InChI is InChI=1S/C21H29N3O2/c1-16-5-7-18(8-6-16)21(10-3-4-11-21)20-22-19(26-23-20)14-24-12-9-17(13-24)15-25-2/h5-8,17H,3-4,9-15H2,1-2H3/t17-/m1/s1. The summed E-state index contributed by atoms with van der Waals surface area (Å²) in [6, 6.07) is 8.87. The largest absolute Gasteiger partial charge is 0.384 e. The van der Waals surface area contributed by atoms with Crippen molar-refractivity contribution in [1.82, 2.24) is 15.0 Å². The van der Waals surface area contributed by atoms with Crippen LogP contribution in [0, 0.1) is 12.8 Å². The first-order valence-electron chi connectivity index (χ1n) is 9.81. The number of ether oxygens (including phenoxy) is 1. The number of aromatic nitrogens is 2. The van der Waals surface area contributed by atoms with Gasteiger partial charge in [-0.1, -0.05) is 47.8 Å². The van der Waals surface area contributed by atoms with Crippen molar-refractivity contribution in [3.63, 3.8) is 0 Å². The van der Waals surface area contributed by atoms with Gasteiger partial charge in [0.2, 0.25) is 5.89 Å². The molecule has 2 aliphatic rings. The monoisotopic (exact) mass is 355 g/mol. The first kappa shape index (κ1) is 17.7. The fraction of sp³-hybridized carbons (Fsp3) is 0.619. The van der Waals surface area contributed by atoms with Gasteiger partial charge in [-0.2, -0.15) is 4.98 Å². The van der Waals surface area contributed by atoms with E-state index in [9.17, 15) is 0 Å². The van der Waals surface area contributed by atoms with Gasteiger partial charge in [0, 0.05) is 13.7 Å². The molecule has 1 aromatic heterocycles. The van der Waals surface area contributed by atoms with Gasteiger partial charge in [-0.05, 0) is 44.2 Å². The van der Waals surface area contributed by atoms with Crippen molar-refractivity contribution >= 4 is 0 Å². The van der Waals surface area contributed by atoms with E-state index in [0.29, 0.717) is 5.92 Å². The van der Waals surface area contributed by atoms with Crippen LogP contribution in [0.2, 0.25) is 0 Å². The van der Waals surface area contributed by atoms with Crippen LogP contribution in [0.1, 0.15) is 54.9 Å². The predicted octanol–water partition coefficient (Wildman–Crippen LogP) is 3.71. The fourth-order valence-corrected chi connectivity index (χ4v) is 4.63. The molecule has 0 bridgehead atoms. The molecule has 1 saturated heterocycles. The Hall–Kier alpha value is -1.72. The lowest BCUT2D eigenvalue weighted by atomic mass is 9.78.